The Hall–Kier alpha value is -1.02. The summed E-state index contributed by atoms with van der Waals surface area (Å²) < 4.78 is 5.92. The molecule has 0 saturated carbocycles. The fraction of sp³-hybridized carbons (Fsp3) is 0.600. The summed E-state index contributed by atoms with van der Waals surface area (Å²) in [6, 6.07) is 8.73. The third-order valence-corrected chi connectivity index (χ3v) is 3.13. The van der Waals surface area contributed by atoms with Gasteiger partial charge in [0.1, 0.15) is 5.75 Å². The Balaban J connectivity index is 2.72. The molecule has 0 saturated heterocycles. The third-order valence-electron chi connectivity index (χ3n) is 3.13. The fourth-order valence-corrected chi connectivity index (χ4v) is 1.63. The van der Waals surface area contributed by atoms with Gasteiger partial charge in [-0.05, 0) is 44.0 Å². The molecule has 1 aromatic rings. The molecule has 2 heteroatoms. The number of hydrogen-bond acceptors (Lipinski definition) is 2. The van der Waals surface area contributed by atoms with Crippen molar-refractivity contribution < 1.29 is 4.74 Å². The molecule has 0 bridgehead atoms. The minimum Gasteiger partial charge on any atom is -0.490 e. The number of nitrogens with one attached hydrogen (secondary N) is 1. The predicted octanol–water partition coefficient (Wildman–Crippen LogP) is 3.78. The maximum atomic E-state index is 5.92. The Morgan fingerprint density at radius 1 is 1.18 bits per heavy atom. The highest BCUT2D eigenvalue weighted by atomic mass is 16.5. The maximum Gasteiger partial charge on any atom is 0.120 e. The second-order valence-corrected chi connectivity index (χ2v) is 4.92. The summed E-state index contributed by atoms with van der Waals surface area (Å²) in [7, 11) is 0. The van der Waals surface area contributed by atoms with Crippen molar-refractivity contribution in [3.8, 4) is 5.75 Å². The molecule has 0 aromatic heterocycles. The fourth-order valence-electron chi connectivity index (χ4n) is 1.63. The smallest absolute Gasteiger partial charge is 0.120 e. The van der Waals surface area contributed by atoms with E-state index in [2.05, 4.69) is 58.1 Å². The SMILES string of the molecule is CCNC(C)c1cccc(OC(C)C(C)C)c1. The summed E-state index contributed by atoms with van der Waals surface area (Å²) in [4.78, 5) is 0. The van der Waals surface area contributed by atoms with Gasteiger partial charge in [0.2, 0.25) is 0 Å². The summed E-state index contributed by atoms with van der Waals surface area (Å²) in [6.07, 6.45) is 0.250. The van der Waals surface area contributed by atoms with E-state index in [1.165, 1.54) is 5.56 Å². The van der Waals surface area contributed by atoms with Crippen LogP contribution >= 0.6 is 0 Å². The van der Waals surface area contributed by atoms with Crippen molar-refractivity contribution >= 4 is 0 Å². The van der Waals surface area contributed by atoms with Crippen molar-refractivity contribution in [3.05, 3.63) is 29.8 Å². The summed E-state index contributed by atoms with van der Waals surface area (Å²) in [6.45, 7) is 11.7. The second-order valence-electron chi connectivity index (χ2n) is 4.92. The van der Waals surface area contributed by atoms with Gasteiger partial charge in [0.15, 0.2) is 0 Å². The lowest BCUT2D eigenvalue weighted by Crippen LogP contribution is -2.20. The average molecular weight is 235 g/mol. The maximum absolute atomic E-state index is 5.92. The highest BCUT2D eigenvalue weighted by molar-refractivity contribution is 5.30. The molecule has 0 aliphatic carbocycles. The zero-order valence-corrected chi connectivity index (χ0v) is 11.7. The van der Waals surface area contributed by atoms with Crippen LogP contribution in [0.4, 0.5) is 0 Å². The molecule has 2 atom stereocenters. The van der Waals surface area contributed by atoms with Crippen molar-refractivity contribution in [3.63, 3.8) is 0 Å². The van der Waals surface area contributed by atoms with Gasteiger partial charge in [-0.2, -0.15) is 0 Å². The van der Waals surface area contributed by atoms with Gasteiger partial charge in [-0.1, -0.05) is 32.9 Å². The van der Waals surface area contributed by atoms with Crippen LogP contribution in [0.3, 0.4) is 0 Å². The first-order valence-electron chi connectivity index (χ1n) is 6.54. The molecule has 96 valence electrons. The van der Waals surface area contributed by atoms with Gasteiger partial charge in [0.25, 0.3) is 0 Å². The molecule has 2 nitrogen and oxygen atoms in total. The minimum atomic E-state index is 0.250. The molecule has 0 fully saturated rings. The summed E-state index contributed by atoms with van der Waals surface area (Å²) >= 11 is 0. The Morgan fingerprint density at radius 3 is 2.47 bits per heavy atom. The van der Waals surface area contributed by atoms with Crippen LogP contribution in [0.15, 0.2) is 24.3 Å². The lowest BCUT2D eigenvalue weighted by atomic mass is 10.1. The van der Waals surface area contributed by atoms with Gasteiger partial charge in [-0.3, -0.25) is 0 Å². The molecule has 0 spiro atoms. The molecule has 0 amide bonds. The van der Waals surface area contributed by atoms with Crippen molar-refractivity contribution in [1.82, 2.24) is 5.32 Å². The first-order valence-corrected chi connectivity index (χ1v) is 6.54. The van der Waals surface area contributed by atoms with E-state index < -0.39 is 0 Å². The first kappa shape index (κ1) is 14.0. The van der Waals surface area contributed by atoms with E-state index in [1.54, 1.807) is 0 Å². The number of ether oxygens (including phenoxy) is 1. The molecule has 17 heavy (non-hydrogen) atoms. The van der Waals surface area contributed by atoms with E-state index in [1.807, 2.05) is 6.07 Å². The molecule has 0 heterocycles. The van der Waals surface area contributed by atoms with Crippen LogP contribution < -0.4 is 10.1 Å². The largest absolute Gasteiger partial charge is 0.490 e. The van der Waals surface area contributed by atoms with E-state index in [0.717, 1.165) is 12.3 Å². The van der Waals surface area contributed by atoms with Crippen molar-refractivity contribution in [2.24, 2.45) is 5.92 Å². The molecule has 2 unspecified atom stereocenters. The highest BCUT2D eigenvalue weighted by Crippen LogP contribution is 2.21. The first-order chi connectivity index (χ1) is 8.04. The Bertz CT molecular complexity index is 335. The molecule has 0 radical (unpaired) electrons. The van der Waals surface area contributed by atoms with Gasteiger partial charge in [-0.15, -0.1) is 0 Å². The van der Waals surface area contributed by atoms with Crippen LogP contribution in [0.5, 0.6) is 5.75 Å². The Kier molecular flexibility index (Phi) is 5.49. The molecular formula is C15H25NO. The second kappa shape index (κ2) is 6.65. The van der Waals surface area contributed by atoms with Crippen molar-refractivity contribution in [1.29, 1.82) is 0 Å². The highest BCUT2D eigenvalue weighted by Gasteiger charge is 2.10. The third kappa shape index (κ3) is 4.39. The summed E-state index contributed by atoms with van der Waals surface area (Å²) in [5, 5.41) is 3.41. The van der Waals surface area contributed by atoms with E-state index in [-0.39, 0.29) is 6.10 Å². The molecule has 1 rings (SSSR count). The van der Waals surface area contributed by atoms with E-state index in [9.17, 15) is 0 Å². The van der Waals surface area contributed by atoms with Crippen LogP contribution in [0.25, 0.3) is 0 Å². The number of rotatable bonds is 6. The number of hydrogen-bond donors (Lipinski definition) is 1. The number of benzene rings is 1. The normalized spacial score (nSPS) is 14.7. The minimum absolute atomic E-state index is 0.250. The van der Waals surface area contributed by atoms with Gasteiger partial charge < -0.3 is 10.1 Å². The van der Waals surface area contributed by atoms with E-state index in [0.29, 0.717) is 12.0 Å². The lowest BCUT2D eigenvalue weighted by molar-refractivity contribution is 0.170. The molecule has 0 aliphatic rings. The van der Waals surface area contributed by atoms with Gasteiger partial charge in [0, 0.05) is 6.04 Å². The van der Waals surface area contributed by atoms with Gasteiger partial charge >= 0.3 is 0 Å². The average Bonchev–Trinajstić information content (AvgIpc) is 2.29. The van der Waals surface area contributed by atoms with E-state index in [4.69, 9.17) is 4.74 Å². The van der Waals surface area contributed by atoms with Gasteiger partial charge in [-0.25, -0.2) is 0 Å². The Morgan fingerprint density at radius 2 is 1.88 bits per heavy atom. The molecule has 1 aromatic carbocycles. The molecular weight excluding hydrogens is 210 g/mol. The standard InChI is InChI=1S/C15H25NO/c1-6-16-12(4)14-8-7-9-15(10-14)17-13(5)11(2)3/h7-13,16H,6H2,1-5H3. The molecule has 0 aliphatic heterocycles. The topological polar surface area (TPSA) is 21.3 Å². The van der Waals surface area contributed by atoms with Crippen LogP contribution in [-0.2, 0) is 0 Å². The lowest BCUT2D eigenvalue weighted by Gasteiger charge is -2.19. The van der Waals surface area contributed by atoms with Crippen LogP contribution in [-0.4, -0.2) is 12.6 Å². The van der Waals surface area contributed by atoms with E-state index >= 15 is 0 Å². The Labute approximate surface area is 105 Å². The summed E-state index contributed by atoms with van der Waals surface area (Å²) in [5.41, 5.74) is 1.28. The van der Waals surface area contributed by atoms with Crippen molar-refractivity contribution in [2.75, 3.05) is 6.54 Å². The summed E-state index contributed by atoms with van der Waals surface area (Å²) in [5.74, 6) is 1.50. The quantitative estimate of drug-likeness (QED) is 0.810. The van der Waals surface area contributed by atoms with Crippen LogP contribution in [0, 0.1) is 5.92 Å². The molecule has 1 N–H and O–H groups in total. The van der Waals surface area contributed by atoms with Gasteiger partial charge in [0.05, 0.1) is 6.10 Å². The van der Waals surface area contributed by atoms with Crippen molar-refractivity contribution in [2.45, 2.75) is 46.8 Å². The predicted molar refractivity (Wildman–Crippen MR) is 73.5 cm³/mol. The zero-order chi connectivity index (χ0) is 12.8. The monoisotopic (exact) mass is 235 g/mol. The van der Waals surface area contributed by atoms with Crippen LogP contribution in [0.1, 0.15) is 46.2 Å². The van der Waals surface area contributed by atoms with Crippen LogP contribution in [0.2, 0.25) is 0 Å². The zero-order valence-electron chi connectivity index (χ0n) is 11.7.